The van der Waals surface area contributed by atoms with Crippen LogP contribution in [0.5, 0.6) is 0 Å². The van der Waals surface area contributed by atoms with E-state index in [-0.39, 0.29) is 19.1 Å². The summed E-state index contributed by atoms with van der Waals surface area (Å²) >= 11 is 0. The molecule has 0 aliphatic rings. The Balaban J connectivity index is 3.69. The van der Waals surface area contributed by atoms with Crippen LogP contribution in [0.15, 0.2) is 10.5 Å². The minimum atomic E-state index is -0.853. The summed E-state index contributed by atoms with van der Waals surface area (Å²) in [6.07, 6.45) is 0.0637. The molecule has 0 saturated carbocycles. The van der Waals surface area contributed by atoms with Crippen LogP contribution >= 0.6 is 0 Å². The fourth-order valence-corrected chi connectivity index (χ4v) is 1.07. The van der Waals surface area contributed by atoms with Gasteiger partial charge in [0.25, 0.3) is 6.79 Å². The molecular weight excluding hydrogens is 230 g/mol. The summed E-state index contributed by atoms with van der Waals surface area (Å²) in [6, 6.07) is 0. The molecule has 8 heteroatoms. The molecule has 0 rings (SSSR count). The van der Waals surface area contributed by atoms with Gasteiger partial charge >= 0.3 is 11.9 Å². The molecule has 0 aliphatic heterocycles. The highest BCUT2D eigenvalue weighted by molar-refractivity contribution is 5.67. The number of aliphatic carboxylic acids is 1. The molecule has 0 heterocycles. The van der Waals surface area contributed by atoms with Crippen molar-refractivity contribution >= 4 is 11.9 Å². The number of carbonyl (C=O) groups excluding carboxylic acids is 1. The monoisotopic (exact) mass is 247 g/mol. The van der Waals surface area contributed by atoms with Crippen LogP contribution in [0, 0.1) is 5.92 Å². The van der Waals surface area contributed by atoms with Crippen molar-refractivity contribution in [1.29, 1.82) is 0 Å². The third-order valence-electron chi connectivity index (χ3n) is 1.66. The quantitative estimate of drug-likeness (QED) is 0.224. The molecule has 1 N–H and O–H groups in total. The predicted octanol–water partition coefficient (Wildman–Crippen LogP) is 0.848. The second kappa shape index (κ2) is 8.31. The van der Waals surface area contributed by atoms with Crippen molar-refractivity contribution in [2.75, 3.05) is 20.4 Å². The lowest BCUT2D eigenvalue weighted by Crippen LogP contribution is -2.20. The maximum atomic E-state index is 10.4. The molecule has 0 saturated heterocycles. The number of carbonyl (C=O) groups is 2. The van der Waals surface area contributed by atoms with E-state index in [1.807, 2.05) is 0 Å². The highest BCUT2D eigenvalue weighted by atomic mass is 16.8. The predicted molar refractivity (Wildman–Crippen MR) is 56.6 cm³/mol. The van der Waals surface area contributed by atoms with E-state index in [1.165, 1.54) is 11.9 Å². The van der Waals surface area contributed by atoms with Crippen molar-refractivity contribution in [2.45, 2.75) is 20.3 Å². The maximum absolute atomic E-state index is 10.4. The number of nitrogens with zero attached hydrogens (tertiary/aromatic N) is 3. The highest BCUT2D eigenvalue weighted by Gasteiger charge is 2.09. The van der Waals surface area contributed by atoms with Gasteiger partial charge in [0.2, 0.25) is 0 Å². The number of carboxylic acids is 1. The lowest BCUT2D eigenvalue weighted by atomic mass is 10.1. The summed E-state index contributed by atoms with van der Waals surface area (Å²) in [5, 5.41) is 16.9. The van der Waals surface area contributed by atoms with Crippen LogP contribution in [0.4, 0.5) is 0 Å². The molecule has 0 spiro atoms. The summed E-state index contributed by atoms with van der Waals surface area (Å²) in [5.74, 6) is -1.37. The Kier molecular flexibility index (Phi) is 7.40. The van der Waals surface area contributed by atoms with Gasteiger partial charge < -0.3 is 14.7 Å². The van der Waals surface area contributed by atoms with Crippen LogP contribution in [-0.2, 0) is 19.2 Å². The number of esters is 1. The van der Waals surface area contributed by atoms with Crippen LogP contribution in [0.25, 0.3) is 0 Å². The van der Waals surface area contributed by atoms with Gasteiger partial charge in [0.1, 0.15) is 0 Å². The molecule has 1 unspecified atom stereocenters. The van der Waals surface area contributed by atoms with Crippen LogP contribution in [0.2, 0.25) is 0 Å². The molecule has 17 heavy (non-hydrogen) atoms. The fraction of sp³-hybridized carbons (Fsp3) is 0.778. The standard InChI is InChI=1S/C9H17N3O5/c1-7(4-9(14)15)5-12(3)10-11-17-6-16-8(2)13/h7H,4-6H2,1-3H3,(H,14,15). The second-order valence-corrected chi connectivity index (χ2v) is 3.60. The van der Waals surface area contributed by atoms with Gasteiger partial charge in [-0.1, -0.05) is 6.92 Å². The van der Waals surface area contributed by atoms with Crippen molar-refractivity contribution in [2.24, 2.45) is 16.4 Å². The zero-order chi connectivity index (χ0) is 13.3. The van der Waals surface area contributed by atoms with Gasteiger partial charge in [-0.3, -0.25) is 14.6 Å². The Morgan fingerprint density at radius 2 is 2.12 bits per heavy atom. The SMILES string of the molecule is CC(=O)OCON=NN(C)CC(C)CC(=O)O. The minimum absolute atomic E-state index is 0.0510. The largest absolute Gasteiger partial charge is 0.481 e. The Labute approximate surface area is 99.1 Å². The van der Waals surface area contributed by atoms with E-state index in [9.17, 15) is 9.59 Å². The maximum Gasteiger partial charge on any atom is 0.305 e. The number of hydrogen-bond acceptors (Lipinski definition) is 6. The van der Waals surface area contributed by atoms with Gasteiger partial charge in [-0.15, -0.1) is 0 Å². The van der Waals surface area contributed by atoms with E-state index in [4.69, 9.17) is 5.11 Å². The van der Waals surface area contributed by atoms with Gasteiger partial charge in [-0.2, -0.15) is 0 Å². The zero-order valence-electron chi connectivity index (χ0n) is 10.1. The Bertz CT molecular complexity index is 282. The van der Waals surface area contributed by atoms with Gasteiger partial charge in [-0.05, 0) is 11.1 Å². The van der Waals surface area contributed by atoms with Crippen molar-refractivity contribution in [3.05, 3.63) is 0 Å². The van der Waals surface area contributed by atoms with Gasteiger partial charge in [0.05, 0.1) is 0 Å². The molecular formula is C9H17N3O5. The number of carboxylic acid groups (broad SMARTS) is 1. The Morgan fingerprint density at radius 3 is 2.65 bits per heavy atom. The molecule has 0 aromatic heterocycles. The zero-order valence-corrected chi connectivity index (χ0v) is 10.1. The number of hydrogen-bond donors (Lipinski definition) is 1. The normalized spacial score (nSPS) is 12.2. The fourth-order valence-electron chi connectivity index (χ4n) is 1.07. The highest BCUT2D eigenvalue weighted by Crippen LogP contribution is 2.04. The minimum Gasteiger partial charge on any atom is -0.481 e. The molecule has 0 radical (unpaired) electrons. The van der Waals surface area contributed by atoms with Crippen LogP contribution < -0.4 is 0 Å². The van der Waals surface area contributed by atoms with E-state index < -0.39 is 11.9 Å². The summed E-state index contributed by atoms with van der Waals surface area (Å²) in [4.78, 5) is 25.3. The lowest BCUT2D eigenvalue weighted by molar-refractivity contribution is -0.154. The average Bonchev–Trinajstić information content (AvgIpc) is 2.14. The number of rotatable bonds is 8. The van der Waals surface area contributed by atoms with E-state index in [1.54, 1.807) is 14.0 Å². The topological polar surface area (TPSA) is 101 Å². The summed E-state index contributed by atoms with van der Waals surface area (Å²) in [5.41, 5.74) is 0. The van der Waals surface area contributed by atoms with E-state index in [2.05, 4.69) is 20.1 Å². The first-order valence-corrected chi connectivity index (χ1v) is 5.01. The molecule has 0 bridgehead atoms. The molecule has 98 valence electrons. The van der Waals surface area contributed by atoms with Crippen molar-refractivity contribution < 1.29 is 24.3 Å². The lowest BCUT2D eigenvalue weighted by Gasteiger charge is -2.15. The van der Waals surface area contributed by atoms with Crippen LogP contribution in [-0.4, -0.2) is 42.4 Å². The van der Waals surface area contributed by atoms with Crippen LogP contribution in [0.3, 0.4) is 0 Å². The molecule has 0 aliphatic carbocycles. The third kappa shape index (κ3) is 10.4. The van der Waals surface area contributed by atoms with Crippen LogP contribution in [0.1, 0.15) is 20.3 Å². The first-order valence-electron chi connectivity index (χ1n) is 5.01. The molecule has 0 fully saturated rings. The van der Waals surface area contributed by atoms with Gasteiger partial charge in [-0.25, -0.2) is 0 Å². The van der Waals surface area contributed by atoms with Gasteiger partial charge in [0.15, 0.2) is 0 Å². The summed E-state index contributed by atoms with van der Waals surface area (Å²) in [7, 11) is 1.64. The van der Waals surface area contributed by atoms with Crippen molar-refractivity contribution in [1.82, 2.24) is 5.01 Å². The van der Waals surface area contributed by atoms with Crippen molar-refractivity contribution in [3.63, 3.8) is 0 Å². The molecule has 1 atom stereocenters. The third-order valence-corrected chi connectivity index (χ3v) is 1.66. The smallest absolute Gasteiger partial charge is 0.305 e. The van der Waals surface area contributed by atoms with E-state index >= 15 is 0 Å². The van der Waals surface area contributed by atoms with Crippen molar-refractivity contribution in [3.8, 4) is 0 Å². The Morgan fingerprint density at radius 1 is 1.47 bits per heavy atom. The van der Waals surface area contributed by atoms with E-state index in [0.29, 0.717) is 6.54 Å². The molecule has 0 amide bonds. The molecule has 0 aromatic carbocycles. The number of ether oxygens (including phenoxy) is 1. The average molecular weight is 247 g/mol. The first-order chi connectivity index (χ1) is 7.91. The molecule has 8 nitrogen and oxygen atoms in total. The second-order valence-electron chi connectivity index (χ2n) is 3.60. The first kappa shape index (κ1) is 15.1. The van der Waals surface area contributed by atoms with E-state index in [0.717, 1.165) is 0 Å². The van der Waals surface area contributed by atoms with Gasteiger partial charge in [0, 0.05) is 32.2 Å². The Hall–Kier alpha value is -1.86. The summed E-state index contributed by atoms with van der Waals surface area (Å²) in [6.45, 7) is 3.18. The summed E-state index contributed by atoms with van der Waals surface area (Å²) < 4.78 is 4.45. The molecule has 0 aromatic rings.